The van der Waals surface area contributed by atoms with Gasteiger partial charge in [-0.15, -0.1) is 10.2 Å². The van der Waals surface area contributed by atoms with E-state index in [1.54, 1.807) is 12.1 Å². The Kier molecular flexibility index (Phi) is 7.22. The summed E-state index contributed by atoms with van der Waals surface area (Å²) in [6.07, 6.45) is 3.59. The molecule has 0 saturated carbocycles. The van der Waals surface area contributed by atoms with Crippen molar-refractivity contribution in [3.8, 4) is 17.3 Å². The Hall–Kier alpha value is -3.35. The molecule has 2 aliphatic heterocycles. The standard InChI is InChI=1S/C25H30N6O5S/c1-35-12-13-37(33,34)30-11-9-17-15-21(36-2)19(14-18(17)16-30)25(32)27-22-7-5-6-20(26-22)24-29-28-23-8-3-4-10-31(23)24/h5-7,14-15H,3-4,8-13,16H2,1-2H3,(H,26,27,32). The number of pyridine rings is 1. The van der Waals surface area contributed by atoms with Gasteiger partial charge in [0.2, 0.25) is 10.0 Å². The van der Waals surface area contributed by atoms with Crippen LogP contribution in [0.3, 0.4) is 0 Å². The van der Waals surface area contributed by atoms with Gasteiger partial charge in [0.15, 0.2) is 5.82 Å². The highest BCUT2D eigenvalue weighted by atomic mass is 32.2. The molecule has 2 aromatic heterocycles. The Balaban J connectivity index is 1.38. The molecule has 1 amide bonds. The van der Waals surface area contributed by atoms with Crippen LogP contribution >= 0.6 is 0 Å². The molecule has 0 atom stereocenters. The number of hydrogen-bond donors (Lipinski definition) is 1. The number of ether oxygens (including phenoxy) is 2. The van der Waals surface area contributed by atoms with Crippen molar-refractivity contribution in [2.24, 2.45) is 0 Å². The van der Waals surface area contributed by atoms with Crippen molar-refractivity contribution in [1.29, 1.82) is 0 Å². The molecule has 196 valence electrons. The summed E-state index contributed by atoms with van der Waals surface area (Å²) in [5, 5.41) is 11.5. The number of sulfonamides is 1. The van der Waals surface area contributed by atoms with Crippen LogP contribution in [0, 0.1) is 0 Å². The first-order valence-electron chi connectivity index (χ1n) is 12.3. The molecule has 5 rings (SSSR count). The van der Waals surface area contributed by atoms with Crippen molar-refractivity contribution in [3.05, 3.63) is 52.8 Å². The van der Waals surface area contributed by atoms with E-state index >= 15 is 0 Å². The van der Waals surface area contributed by atoms with Crippen molar-refractivity contribution < 1.29 is 22.7 Å². The molecule has 2 aliphatic rings. The van der Waals surface area contributed by atoms with Gasteiger partial charge in [0.1, 0.15) is 23.1 Å². The summed E-state index contributed by atoms with van der Waals surface area (Å²) in [7, 11) is -0.480. The lowest BCUT2D eigenvalue weighted by Gasteiger charge is -2.29. The van der Waals surface area contributed by atoms with E-state index < -0.39 is 15.9 Å². The minimum atomic E-state index is -3.47. The molecule has 0 saturated heterocycles. The quantitative estimate of drug-likeness (QED) is 0.473. The highest BCUT2D eigenvalue weighted by Crippen LogP contribution is 2.30. The maximum atomic E-state index is 13.3. The second kappa shape index (κ2) is 10.6. The number of anilines is 1. The van der Waals surface area contributed by atoms with E-state index in [4.69, 9.17) is 9.47 Å². The summed E-state index contributed by atoms with van der Waals surface area (Å²) in [4.78, 5) is 17.9. The van der Waals surface area contributed by atoms with Gasteiger partial charge in [0.25, 0.3) is 5.91 Å². The molecule has 0 aliphatic carbocycles. The van der Waals surface area contributed by atoms with Crippen molar-refractivity contribution >= 4 is 21.7 Å². The van der Waals surface area contributed by atoms with Crippen LogP contribution in [0.2, 0.25) is 0 Å². The lowest BCUT2D eigenvalue weighted by molar-refractivity contribution is 0.102. The average Bonchev–Trinajstić information content (AvgIpc) is 3.35. The summed E-state index contributed by atoms with van der Waals surface area (Å²) in [5.41, 5.74) is 2.68. The van der Waals surface area contributed by atoms with E-state index in [1.165, 1.54) is 18.5 Å². The van der Waals surface area contributed by atoms with Crippen LogP contribution in [-0.2, 0) is 40.7 Å². The fraction of sp³-hybridized carbons (Fsp3) is 0.440. The van der Waals surface area contributed by atoms with E-state index in [0.29, 0.717) is 41.6 Å². The van der Waals surface area contributed by atoms with Crippen molar-refractivity contribution in [2.45, 2.75) is 38.8 Å². The van der Waals surface area contributed by atoms with Crippen LogP contribution in [0.15, 0.2) is 30.3 Å². The molecule has 0 radical (unpaired) electrons. The largest absolute Gasteiger partial charge is 0.496 e. The first-order valence-corrected chi connectivity index (χ1v) is 13.9. The molecule has 11 nitrogen and oxygen atoms in total. The molecule has 1 N–H and O–H groups in total. The average molecular weight is 527 g/mol. The minimum absolute atomic E-state index is 0.0837. The number of nitrogens with zero attached hydrogens (tertiary/aromatic N) is 5. The van der Waals surface area contributed by atoms with Crippen LogP contribution in [0.1, 0.15) is 40.2 Å². The Morgan fingerprint density at radius 1 is 1.08 bits per heavy atom. The van der Waals surface area contributed by atoms with E-state index in [-0.39, 0.29) is 18.9 Å². The second-order valence-corrected chi connectivity index (χ2v) is 11.2. The number of carbonyl (C=O) groups excluding carboxylic acids is 1. The normalized spacial score (nSPS) is 15.6. The number of rotatable bonds is 8. The third-order valence-corrected chi connectivity index (χ3v) is 8.54. The molecule has 37 heavy (non-hydrogen) atoms. The fourth-order valence-electron chi connectivity index (χ4n) is 4.77. The van der Waals surface area contributed by atoms with Crippen LogP contribution in [0.5, 0.6) is 5.75 Å². The van der Waals surface area contributed by atoms with Gasteiger partial charge in [0, 0.05) is 33.2 Å². The molecular formula is C25H30N6O5S. The number of methoxy groups -OCH3 is 2. The van der Waals surface area contributed by atoms with E-state index in [9.17, 15) is 13.2 Å². The van der Waals surface area contributed by atoms with Gasteiger partial charge in [-0.3, -0.25) is 4.79 Å². The predicted molar refractivity (Wildman–Crippen MR) is 137 cm³/mol. The van der Waals surface area contributed by atoms with Gasteiger partial charge in [-0.1, -0.05) is 6.07 Å². The molecule has 1 aromatic carbocycles. The van der Waals surface area contributed by atoms with E-state index in [2.05, 4.69) is 25.1 Å². The third-order valence-electron chi connectivity index (χ3n) is 6.76. The van der Waals surface area contributed by atoms with Crippen molar-refractivity contribution in [2.75, 3.05) is 38.4 Å². The molecule has 3 aromatic rings. The number of carbonyl (C=O) groups is 1. The maximum absolute atomic E-state index is 13.3. The molecule has 0 bridgehead atoms. The Morgan fingerprint density at radius 2 is 1.95 bits per heavy atom. The number of amides is 1. The number of aromatic nitrogens is 4. The molecule has 0 unspecified atom stereocenters. The van der Waals surface area contributed by atoms with Gasteiger partial charge >= 0.3 is 0 Å². The SMILES string of the molecule is COCCS(=O)(=O)N1CCc2cc(OC)c(C(=O)Nc3cccc(-c4nnc5n4CCCC5)n3)cc2C1. The zero-order valence-corrected chi connectivity index (χ0v) is 21.8. The molecule has 0 fully saturated rings. The summed E-state index contributed by atoms with van der Waals surface area (Å²) >= 11 is 0. The molecule has 12 heteroatoms. The fourth-order valence-corrected chi connectivity index (χ4v) is 6.11. The van der Waals surface area contributed by atoms with E-state index in [1.807, 2.05) is 18.2 Å². The maximum Gasteiger partial charge on any atom is 0.260 e. The van der Waals surface area contributed by atoms with Crippen LogP contribution in [0.4, 0.5) is 5.82 Å². The number of fused-ring (bicyclic) bond motifs is 2. The summed E-state index contributed by atoms with van der Waals surface area (Å²) in [6, 6.07) is 8.90. The summed E-state index contributed by atoms with van der Waals surface area (Å²) in [6.45, 7) is 1.54. The van der Waals surface area contributed by atoms with Crippen molar-refractivity contribution in [1.82, 2.24) is 24.1 Å². The monoisotopic (exact) mass is 526 g/mol. The smallest absolute Gasteiger partial charge is 0.260 e. The predicted octanol–water partition coefficient (Wildman–Crippen LogP) is 2.27. The Bertz CT molecular complexity index is 1420. The van der Waals surface area contributed by atoms with E-state index in [0.717, 1.165) is 42.8 Å². The van der Waals surface area contributed by atoms with Gasteiger partial charge in [0.05, 0.1) is 25.0 Å². The van der Waals surface area contributed by atoms with Crippen LogP contribution in [-0.4, -0.2) is 71.5 Å². The molecule has 4 heterocycles. The Morgan fingerprint density at radius 3 is 2.76 bits per heavy atom. The third kappa shape index (κ3) is 5.22. The van der Waals surface area contributed by atoms with Gasteiger partial charge in [-0.25, -0.2) is 13.4 Å². The zero-order chi connectivity index (χ0) is 26.0. The minimum Gasteiger partial charge on any atom is -0.496 e. The number of nitrogens with one attached hydrogen (secondary N) is 1. The highest BCUT2D eigenvalue weighted by molar-refractivity contribution is 7.89. The Labute approximate surface area is 215 Å². The number of hydrogen-bond acceptors (Lipinski definition) is 8. The topological polar surface area (TPSA) is 129 Å². The van der Waals surface area contributed by atoms with Gasteiger partial charge in [-0.05, 0) is 54.7 Å². The second-order valence-electron chi connectivity index (χ2n) is 9.12. The highest BCUT2D eigenvalue weighted by Gasteiger charge is 2.28. The first-order chi connectivity index (χ1) is 17.9. The molecular weight excluding hydrogens is 496 g/mol. The zero-order valence-electron chi connectivity index (χ0n) is 20.9. The van der Waals surface area contributed by atoms with Crippen LogP contribution < -0.4 is 10.1 Å². The van der Waals surface area contributed by atoms with Gasteiger partial charge in [-0.2, -0.15) is 4.31 Å². The molecule has 0 spiro atoms. The van der Waals surface area contributed by atoms with Crippen LogP contribution in [0.25, 0.3) is 11.5 Å². The van der Waals surface area contributed by atoms with Gasteiger partial charge < -0.3 is 19.4 Å². The van der Waals surface area contributed by atoms with Crippen molar-refractivity contribution in [3.63, 3.8) is 0 Å². The first kappa shape index (κ1) is 25.3. The lowest BCUT2D eigenvalue weighted by Crippen LogP contribution is -2.38. The lowest BCUT2D eigenvalue weighted by atomic mass is 9.97. The number of aryl methyl sites for hydroxylation is 1. The number of benzene rings is 1. The summed E-state index contributed by atoms with van der Waals surface area (Å²) < 4.78 is 39.3. The summed E-state index contributed by atoms with van der Waals surface area (Å²) in [5.74, 6) is 1.96.